The summed E-state index contributed by atoms with van der Waals surface area (Å²) in [5.74, 6) is 5.73. The number of nitrogen functional groups attached to an aromatic ring is 1. The summed E-state index contributed by atoms with van der Waals surface area (Å²) in [7, 11) is 0. The smallest absolute Gasteiger partial charge is 0.147 e. The van der Waals surface area contributed by atoms with Crippen molar-refractivity contribution >= 4 is 5.69 Å². The van der Waals surface area contributed by atoms with Crippen LogP contribution in [0.5, 0.6) is 0 Å². The van der Waals surface area contributed by atoms with Crippen LogP contribution in [-0.2, 0) is 0 Å². The number of hydrogen-bond donors (Lipinski definition) is 1. The Hall–Kier alpha value is -1.49. The van der Waals surface area contributed by atoms with Gasteiger partial charge in [-0.1, -0.05) is 71.1 Å². The van der Waals surface area contributed by atoms with Gasteiger partial charge in [0.1, 0.15) is 5.82 Å². The fourth-order valence-electron chi connectivity index (χ4n) is 2.52. The Labute approximate surface area is 141 Å². The zero-order valence-corrected chi connectivity index (χ0v) is 15.1. The molecule has 0 heterocycles. The molecular formula is C21H32FN. The van der Waals surface area contributed by atoms with Gasteiger partial charge in [0.15, 0.2) is 0 Å². The molecule has 23 heavy (non-hydrogen) atoms. The van der Waals surface area contributed by atoms with E-state index in [0.29, 0.717) is 11.0 Å². The molecule has 2 N–H and O–H groups in total. The van der Waals surface area contributed by atoms with Gasteiger partial charge in [0.25, 0.3) is 0 Å². The zero-order chi connectivity index (χ0) is 17.1. The Balaban J connectivity index is 2.02. The summed E-state index contributed by atoms with van der Waals surface area (Å²) >= 11 is 0. The summed E-state index contributed by atoms with van der Waals surface area (Å²) in [6.45, 7) is 6.94. The normalized spacial score (nSPS) is 11.1. The summed E-state index contributed by atoms with van der Waals surface area (Å²) in [6, 6.07) is 4.74. The van der Waals surface area contributed by atoms with Crippen LogP contribution in [0.15, 0.2) is 18.2 Å². The quantitative estimate of drug-likeness (QED) is 0.339. The second kappa shape index (κ2) is 10.3. The van der Waals surface area contributed by atoms with E-state index in [9.17, 15) is 4.39 Å². The number of unbranched alkanes of at least 4 members (excludes halogenated alkanes) is 7. The lowest BCUT2D eigenvalue weighted by atomic mass is 9.89. The van der Waals surface area contributed by atoms with Crippen molar-refractivity contribution in [1.29, 1.82) is 0 Å². The molecule has 0 saturated heterocycles. The van der Waals surface area contributed by atoms with Crippen LogP contribution < -0.4 is 5.73 Å². The Kier molecular flexibility index (Phi) is 8.77. The van der Waals surface area contributed by atoms with Gasteiger partial charge in [-0.3, -0.25) is 0 Å². The van der Waals surface area contributed by atoms with Crippen molar-refractivity contribution < 1.29 is 4.39 Å². The number of benzene rings is 1. The maximum atomic E-state index is 13.3. The molecule has 0 aliphatic heterocycles. The van der Waals surface area contributed by atoms with E-state index < -0.39 is 0 Å². The van der Waals surface area contributed by atoms with Crippen LogP contribution in [0, 0.1) is 23.1 Å². The van der Waals surface area contributed by atoms with Gasteiger partial charge in [-0.15, -0.1) is 0 Å². The third kappa shape index (κ3) is 10.00. The van der Waals surface area contributed by atoms with Crippen molar-refractivity contribution in [2.45, 2.75) is 78.6 Å². The lowest BCUT2D eigenvalue weighted by Crippen LogP contribution is -2.03. The number of nitrogens with two attached hydrogens (primary N) is 1. The fraction of sp³-hybridized carbons (Fsp3) is 0.619. The molecule has 0 aliphatic carbocycles. The Morgan fingerprint density at radius 1 is 0.957 bits per heavy atom. The van der Waals surface area contributed by atoms with E-state index in [2.05, 4.69) is 32.6 Å². The van der Waals surface area contributed by atoms with E-state index in [-0.39, 0.29) is 11.5 Å². The molecule has 1 nitrogen and oxygen atoms in total. The number of halogens is 1. The van der Waals surface area contributed by atoms with Gasteiger partial charge in [0.2, 0.25) is 0 Å². The number of anilines is 1. The maximum absolute atomic E-state index is 13.3. The molecule has 0 unspecified atom stereocenters. The Morgan fingerprint density at radius 2 is 1.57 bits per heavy atom. The SMILES string of the molecule is CC(C)(C)CCCCCCCCCC#Cc1ccc(N)c(F)c1. The molecule has 1 aromatic rings. The van der Waals surface area contributed by atoms with Gasteiger partial charge in [0.05, 0.1) is 5.69 Å². The van der Waals surface area contributed by atoms with E-state index >= 15 is 0 Å². The highest BCUT2D eigenvalue weighted by Gasteiger charge is 2.08. The van der Waals surface area contributed by atoms with Gasteiger partial charge in [-0.25, -0.2) is 4.39 Å². The minimum Gasteiger partial charge on any atom is -0.396 e. The summed E-state index contributed by atoms with van der Waals surface area (Å²) < 4.78 is 13.3. The summed E-state index contributed by atoms with van der Waals surface area (Å²) in [5, 5.41) is 0. The fourth-order valence-corrected chi connectivity index (χ4v) is 2.52. The van der Waals surface area contributed by atoms with Crippen LogP contribution in [0.4, 0.5) is 10.1 Å². The molecule has 0 amide bonds. The molecule has 0 spiro atoms. The van der Waals surface area contributed by atoms with Crippen LogP contribution in [0.1, 0.15) is 84.1 Å². The molecule has 0 aromatic heterocycles. The molecule has 0 atom stereocenters. The van der Waals surface area contributed by atoms with Crippen molar-refractivity contribution in [3.63, 3.8) is 0 Å². The third-order valence-electron chi connectivity index (χ3n) is 3.96. The molecule has 1 rings (SSSR count). The molecule has 0 aliphatic rings. The van der Waals surface area contributed by atoms with E-state index in [4.69, 9.17) is 5.73 Å². The topological polar surface area (TPSA) is 26.0 Å². The second-order valence-electron chi connectivity index (χ2n) is 7.57. The van der Waals surface area contributed by atoms with Crippen LogP contribution in [0.2, 0.25) is 0 Å². The van der Waals surface area contributed by atoms with E-state index in [1.54, 1.807) is 12.1 Å². The lowest BCUT2D eigenvalue weighted by Gasteiger charge is -2.17. The second-order valence-corrected chi connectivity index (χ2v) is 7.57. The van der Waals surface area contributed by atoms with Gasteiger partial charge >= 0.3 is 0 Å². The first-order valence-electron chi connectivity index (χ1n) is 8.92. The van der Waals surface area contributed by atoms with Gasteiger partial charge in [0, 0.05) is 12.0 Å². The van der Waals surface area contributed by atoms with E-state index in [1.165, 1.54) is 51.0 Å². The van der Waals surface area contributed by atoms with E-state index in [1.807, 2.05) is 0 Å². The summed E-state index contributed by atoms with van der Waals surface area (Å²) in [4.78, 5) is 0. The first-order chi connectivity index (χ1) is 10.9. The van der Waals surface area contributed by atoms with E-state index in [0.717, 1.165) is 12.8 Å². The summed E-state index contributed by atoms with van der Waals surface area (Å²) in [5.41, 5.74) is 6.80. The van der Waals surface area contributed by atoms with Gasteiger partial charge in [-0.05, 0) is 36.5 Å². The summed E-state index contributed by atoms with van der Waals surface area (Å²) in [6.07, 6.45) is 11.3. The molecule has 2 heteroatoms. The van der Waals surface area contributed by atoms with Gasteiger partial charge < -0.3 is 5.73 Å². The highest BCUT2D eigenvalue weighted by atomic mass is 19.1. The first kappa shape index (κ1) is 19.6. The van der Waals surface area contributed by atoms with Crippen molar-refractivity contribution in [2.24, 2.45) is 5.41 Å². The Bertz CT molecular complexity index is 517. The largest absolute Gasteiger partial charge is 0.396 e. The van der Waals surface area contributed by atoms with Crippen molar-refractivity contribution in [2.75, 3.05) is 5.73 Å². The minimum absolute atomic E-state index is 0.179. The van der Waals surface area contributed by atoms with Crippen LogP contribution in [-0.4, -0.2) is 0 Å². The third-order valence-corrected chi connectivity index (χ3v) is 3.96. The molecule has 128 valence electrons. The highest BCUT2D eigenvalue weighted by Crippen LogP contribution is 2.22. The van der Waals surface area contributed by atoms with Crippen molar-refractivity contribution in [3.05, 3.63) is 29.6 Å². The maximum Gasteiger partial charge on any atom is 0.147 e. The van der Waals surface area contributed by atoms with Crippen molar-refractivity contribution in [3.8, 4) is 11.8 Å². The molecule has 0 radical (unpaired) electrons. The monoisotopic (exact) mass is 317 g/mol. The first-order valence-corrected chi connectivity index (χ1v) is 8.92. The molecule has 0 bridgehead atoms. The number of rotatable bonds is 8. The van der Waals surface area contributed by atoms with Crippen LogP contribution >= 0.6 is 0 Å². The molecular weight excluding hydrogens is 285 g/mol. The Morgan fingerprint density at radius 3 is 2.17 bits per heavy atom. The molecule has 0 fully saturated rings. The van der Waals surface area contributed by atoms with Gasteiger partial charge in [-0.2, -0.15) is 0 Å². The number of hydrogen-bond acceptors (Lipinski definition) is 1. The predicted octanol–water partition coefficient (Wildman–Crippen LogP) is 6.32. The predicted molar refractivity (Wildman–Crippen MR) is 98.7 cm³/mol. The van der Waals surface area contributed by atoms with Crippen LogP contribution in [0.25, 0.3) is 0 Å². The standard InChI is InChI=1S/C21H32FN/c1-21(2,3)16-12-10-8-6-4-5-7-9-11-13-18-14-15-20(23)19(22)17-18/h14-15,17H,4-10,12,16,23H2,1-3H3. The average Bonchev–Trinajstić information content (AvgIpc) is 2.47. The molecule has 0 saturated carbocycles. The zero-order valence-electron chi connectivity index (χ0n) is 15.1. The highest BCUT2D eigenvalue weighted by molar-refractivity contribution is 5.46. The minimum atomic E-state index is -0.386. The van der Waals surface area contributed by atoms with Crippen LogP contribution in [0.3, 0.4) is 0 Å². The average molecular weight is 317 g/mol. The molecule has 1 aromatic carbocycles. The lowest BCUT2D eigenvalue weighted by molar-refractivity contribution is 0.356. The van der Waals surface area contributed by atoms with Crippen molar-refractivity contribution in [1.82, 2.24) is 0 Å².